The number of carbonyl (C=O) groups is 1. The Labute approximate surface area is 104 Å². The van der Waals surface area contributed by atoms with Gasteiger partial charge in [0.1, 0.15) is 0 Å². The van der Waals surface area contributed by atoms with Gasteiger partial charge < -0.3 is 10.6 Å². The normalized spacial score (nSPS) is 11.9. The maximum absolute atomic E-state index is 12.0. The molecule has 17 heavy (non-hydrogen) atoms. The Balaban J connectivity index is 2.77. The average molecular weight is 234 g/mol. The molecule has 3 heteroatoms. The molecule has 0 saturated carbocycles. The third-order valence-corrected chi connectivity index (χ3v) is 2.73. The first-order valence-corrected chi connectivity index (χ1v) is 6.32. The second kappa shape index (κ2) is 6.94. The molecule has 0 fully saturated rings. The number of carbonyl (C=O) groups excluding carboxylic acids is 1. The predicted molar refractivity (Wildman–Crippen MR) is 72.4 cm³/mol. The molecule has 1 amide bonds. The van der Waals surface area contributed by atoms with E-state index in [1.54, 1.807) is 0 Å². The lowest BCUT2D eigenvalue weighted by atomic mass is 10.1. The minimum absolute atomic E-state index is 0.00134. The van der Waals surface area contributed by atoms with E-state index < -0.39 is 0 Å². The first kappa shape index (κ1) is 13.6. The van der Waals surface area contributed by atoms with E-state index >= 15 is 0 Å². The molecule has 0 aliphatic heterocycles. The number of amides is 1. The van der Waals surface area contributed by atoms with E-state index in [9.17, 15) is 4.79 Å². The molecule has 0 bridgehead atoms. The van der Waals surface area contributed by atoms with Crippen molar-refractivity contribution in [2.24, 2.45) is 0 Å². The molecule has 1 aromatic rings. The quantitative estimate of drug-likeness (QED) is 0.794. The second-order valence-electron chi connectivity index (χ2n) is 4.26. The smallest absolute Gasteiger partial charge is 0.253 e. The highest BCUT2D eigenvalue weighted by molar-refractivity contribution is 5.99. The van der Waals surface area contributed by atoms with Gasteiger partial charge in [-0.25, -0.2) is 0 Å². The van der Waals surface area contributed by atoms with Crippen molar-refractivity contribution in [1.29, 1.82) is 0 Å². The average Bonchev–Trinajstić information content (AvgIpc) is 2.36. The highest BCUT2D eigenvalue weighted by Crippen LogP contribution is 2.15. The molecule has 0 spiro atoms. The van der Waals surface area contributed by atoms with Crippen LogP contribution in [0.3, 0.4) is 0 Å². The summed E-state index contributed by atoms with van der Waals surface area (Å²) >= 11 is 0. The van der Waals surface area contributed by atoms with Gasteiger partial charge in [0.25, 0.3) is 5.91 Å². The summed E-state index contributed by atoms with van der Waals surface area (Å²) in [7, 11) is 0. The molecule has 3 nitrogen and oxygen atoms in total. The van der Waals surface area contributed by atoms with Crippen molar-refractivity contribution < 1.29 is 4.79 Å². The van der Waals surface area contributed by atoms with Crippen LogP contribution in [0, 0.1) is 0 Å². The number of benzene rings is 1. The Kier molecular flexibility index (Phi) is 5.53. The Morgan fingerprint density at radius 3 is 2.65 bits per heavy atom. The molecule has 2 N–H and O–H groups in total. The van der Waals surface area contributed by atoms with Crippen LogP contribution in [0.15, 0.2) is 24.3 Å². The minimum atomic E-state index is -0.00134. The fourth-order valence-electron chi connectivity index (χ4n) is 1.50. The van der Waals surface area contributed by atoms with Crippen LogP contribution in [0.25, 0.3) is 0 Å². The largest absolute Gasteiger partial charge is 0.384 e. The van der Waals surface area contributed by atoms with Crippen molar-refractivity contribution in [3.05, 3.63) is 29.8 Å². The van der Waals surface area contributed by atoms with E-state index in [1.165, 1.54) is 0 Å². The van der Waals surface area contributed by atoms with Gasteiger partial charge in [0.05, 0.1) is 5.56 Å². The standard InChI is InChI=1S/C14H22N2O/c1-4-10-15-13-9-7-6-8-12(13)14(17)16-11(3)5-2/h6-9,11,15H,4-5,10H2,1-3H3,(H,16,17). The van der Waals surface area contributed by atoms with E-state index in [-0.39, 0.29) is 11.9 Å². The van der Waals surface area contributed by atoms with E-state index in [2.05, 4.69) is 24.5 Å². The predicted octanol–water partition coefficient (Wildman–Crippen LogP) is 3.04. The maximum atomic E-state index is 12.0. The molecular weight excluding hydrogens is 212 g/mol. The van der Waals surface area contributed by atoms with Crippen LogP contribution in [0.1, 0.15) is 44.0 Å². The van der Waals surface area contributed by atoms with Crippen LogP contribution < -0.4 is 10.6 Å². The summed E-state index contributed by atoms with van der Waals surface area (Å²) in [6.45, 7) is 7.06. The summed E-state index contributed by atoms with van der Waals surface area (Å²) < 4.78 is 0. The number of rotatable bonds is 6. The lowest BCUT2D eigenvalue weighted by molar-refractivity contribution is 0.0940. The molecule has 1 rings (SSSR count). The summed E-state index contributed by atoms with van der Waals surface area (Å²) in [5.74, 6) is -0.00134. The number of hydrogen-bond donors (Lipinski definition) is 2. The van der Waals surface area contributed by atoms with Gasteiger partial charge in [-0.1, -0.05) is 26.0 Å². The first-order valence-electron chi connectivity index (χ1n) is 6.32. The van der Waals surface area contributed by atoms with Crippen molar-refractivity contribution in [3.63, 3.8) is 0 Å². The van der Waals surface area contributed by atoms with E-state index in [0.717, 1.165) is 30.6 Å². The Hall–Kier alpha value is -1.51. The molecule has 1 atom stereocenters. The van der Waals surface area contributed by atoms with Gasteiger partial charge in [0.15, 0.2) is 0 Å². The Morgan fingerprint density at radius 1 is 1.29 bits per heavy atom. The number of nitrogens with one attached hydrogen (secondary N) is 2. The van der Waals surface area contributed by atoms with Crippen LogP contribution in [-0.4, -0.2) is 18.5 Å². The van der Waals surface area contributed by atoms with E-state index in [1.807, 2.05) is 31.2 Å². The molecule has 0 aliphatic rings. The summed E-state index contributed by atoms with van der Waals surface area (Å²) in [5.41, 5.74) is 1.64. The summed E-state index contributed by atoms with van der Waals surface area (Å²) in [4.78, 5) is 12.0. The fourth-order valence-corrected chi connectivity index (χ4v) is 1.50. The maximum Gasteiger partial charge on any atom is 0.253 e. The second-order valence-corrected chi connectivity index (χ2v) is 4.26. The number of anilines is 1. The van der Waals surface area contributed by atoms with Crippen molar-refractivity contribution >= 4 is 11.6 Å². The highest BCUT2D eigenvalue weighted by Gasteiger charge is 2.11. The molecule has 0 saturated heterocycles. The zero-order valence-corrected chi connectivity index (χ0v) is 10.9. The van der Waals surface area contributed by atoms with Crippen molar-refractivity contribution in [1.82, 2.24) is 5.32 Å². The van der Waals surface area contributed by atoms with Crippen LogP contribution >= 0.6 is 0 Å². The van der Waals surface area contributed by atoms with Gasteiger partial charge in [0.2, 0.25) is 0 Å². The van der Waals surface area contributed by atoms with Crippen molar-refractivity contribution in [3.8, 4) is 0 Å². The lowest BCUT2D eigenvalue weighted by Gasteiger charge is -2.14. The van der Waals surface area contributed by atoms with Gasteiger partial charge in [-0.15, -0.1) is 0 Å². The summed E-state index contributed by atoms with van der Waals surface area (Å²) in [6, 6.07) is 7.85. The third-order valence-electron chi connectivity index (χ3n) is 2.73. The molecule has 0 aromatic heterocycles. The molecule has 0 heterocycles. The Bertz CT molecular complexity index is 363. The topological polar surface area (TPSA) is 41.1 Å². The van der Waals surface area contributed by atoms with Gasteiger partial charge in [-0.2, -0.15) is 0 Å². The Morgan fingerprint density at radius 2 is 2.00 bits per heavy atom. The van der Waals surface area contributed by atoms with Gasteiger partial charge in [-0.05, 0) is 31.9 Å². The third kappa shape index (κ3) is 4.10. The van der Waals surface area contributed by atoms with Crippen LogP contribution in [-0.2, 0) is 0 Å². The number of para-hydroxylation sites is 1. The van der Waals surface area contributed by atoms with Gasteiger partial charge in [0, 0.05) is 18.3 Å². The zero-order valence-electron chi connectivity index (χ0n) is 10.9. The molecular formula is C14H22N2O. The van der Waals surface area contributed by atoms with Gasteiger partial charge >= 0.3 is 0 Å². The van der Waals surface area contributed by atoms with E-state index in [4.69, 9.17) is 0 Å². The number of hydrogen-bond acceptors (Lipinski definition) is 2. The fraction of sp³-hybridized carbons (Fsp3) is 0.500. The minimum Gasteiger partial charge on any atom is -0.384 e. The van der Waals surface area contributed by atoms with Crippen molar-refractivity contribution in [2.75, 3.05) is 11.9 Å². The lowest BCUT2D eigenvalue weighted by Crippen LogP contribution is -2.32. The summed E-state index contributed by atoms with van der Waals surface area (Å²) in [5, 5.41) is 6.26. The van der Waals surface area contributed by atoms with Crippen LogP contribution in [0.4, 0.5) is 5.69 Å². The van der Waals surface area contributed by atoms with Crippen LogP contribution in [0.5, 0.6) is 0 Å². The highest BCUT2D eigenvalue weighted by atomic mass is 16.1. The van der Waals surface area contributed by atoms with Crippen LogP contribution in [0.2, 0.25) is 0 Å². The van der Waals surface area contributed by atoms with Gasteiger partial charge in [-0.3, -0.25) is 4.79 Å². The molecule has 94 valence electrons. The summed E-state index contributed by atoms with van der Waals surface area (Å²) in [6.07, 6.45) is 1.98. The molecule has 0 aliphatic carbocycles. The first-order chi connectivity index (χ1) is 8.19. The van der Waals surface area contributed by atoms with E-state index in [0.29, 0.717) is 0 Å². The zero-order chi connectivity index (χ0) is 12.7. The molecule has 0 radical (unpaired) electrons. The monoisotopic (exact) mass is 234 g/mol. The molecule has 1 aromatic carbocycles. The van der Waals surface area contributed by atoms with Crippen molar-refractivity contribution in [2.45, 2.75) is 39.7 Å². The molecule has 1 unspecified atom stereocenters. The SMILES string of the molecule is CCCNc1ccccc1C(=O)NC(C)CC.